The largest absolute Gasteiger partial charge is 0.466 e. The zero-order valence-electron chi connectivity index (χ0n) is 13.8. The molecule has 0 heterocycles. The van der Waals surface area contributed by atoms with Crippen molar-refractivity contribution in [3.63, 3.8) is 0 Å². The van der Waals surface area contributed by atoms with Crippen LogP contribution in [0, 0.1) is 0 Å². The van der Waals surface area contributed by atoms with Crippen LogP contribution in [-0.2, 0) is 25.0 Å². The molecule has 1 aromatic rings. The van der Waals surface area contributed by atoms with Crippen LogP contribution >= 0.6 is 15.9 Å². The SMILES string of the molecule is CCOC(=O)CCCS(=O)(=O)NCC(C)(C)c1ccc(Br)cc1. The van der Waals surface area contributed by atoms with Gasteiger partial charge in [-0.05, 0) is 31.0 Å². The Bertz CT molecular complexity index is 611. The minimum absolute atomic E-state index is 0.0811. The Morgan fingerprint density at radius 2 is 1.87 bits per heavy atom. The number of hydrogen-bond donors (Lipinski definition) is 1. The molecule has 23 heavy (non-hydrogen) atoms. The van der Waals surface area contributed by atoms with Crippen LogP contribution in [0.3, 0.4) is 0 Å². The number of rotatable bonds is 9. The standard InChI is InChI=1S/C16H24BrNO4S/c1-4-22-15(19)6-5-11-23(20,21)18-12-16(2,3)13-7-9-14(17)10-8-13/h7-10,18H,4-6,11-12H2,1-3H3. The fourth-order valence-corrected chi connectivity index (χ4v) is 3.52. The molecule has 1 N–H and O–H groups in total. The predicted molar refractivity (Wildman–Crippen MR) is 94.8 cm³/mol. The zero-order chi connectivity index (χ0) is 17.5. The molecule has 0 atom stereocenters. The van der Waals surface area contributed by atoms with Gasteiger partial charge in [0.1, 0.15) is 0 Å². The van der Waals surface area contributed by atoms with Crippen molar-refractivity contribution in [3.8, 4) is 0 Å². The zero-order valence-corrected chi connectivity index (χ0v) is 16.2. The molecule has 0 spiro atoms. The molecule has 130 valence electrons. The fourth-order valence-electron chi connectivity index (χ4n) is 2.01. The maximum Gasteiger partial charge on any atom is 0.305 e. The minimum Gasteiger partial charge on any atom is -0.466 e. The lowest BCUT2D eigenvalue weighted by atomic mass is 9.85. The summed E-state index contributed by atoms with van der Waals surface area (Å²) in [6.45, 7) is 6.30. The minimum atomic E-state index is -3.41. The van der Waals surface area contributed by atoms with E-state index < -0.39 is 10.0 Å². The first-order valence-corrected chi connectivity index (χ1v) is 10.00. The van der Waals surface area contributed by atoms with Gasteiger partial charge in [0.15, 0.2) is 0 Å². The third-order valence-corrected chi connectivity index (χ3v) is 5.40. The van der Waals surface area contributed by atoms with Crippen molar-refractivity contribution in [2.45, 2.75) is 39.0 Å². The number of esters is 1. The summed E-state index contributed by atoms with van der Waals surface area (Å²) < 4.78 is 32.5. The van der Waals surface area contributed by atoms with E-state index in [0.29, 0.717) is 13.2 Å². The Hall–Kier alpha value is -0.920. The number of halogens is 1. The average molecular weight is 406 g/mol. The Morgan fingerprint density at radius 3 is 2.43 bits per heavy atom. The number of carbonyl (C=O) groups is 1. The lowest BCUT2D eigenvalue weighted by molar-refractivity contribution is -0.143. The first kappa shape index (κ1) is 20.1. The summed E-state index contributed by atoms with van der Waals surface area (Å²) in [7, 11) is -3.41. The van der Waals surface area contributed by atoms with Crippen molar-refractivity contribution in [2.75, 3.05) is 18.9 Å². The topological polar surface area (TPSA) is 72.5 Å². The first-order valence-electron chi connectivity index (χ1n) is 7.55. The van der Waals surface area contributed by atoms with Crippen molar-refractivity contribution in [3.05, 3.63) is 34.3 Å². The van der Waals surface area contributed by atoms with Gasteiger partial charge in [-0.25, -0.2) is 13.1 Å². The molecule has 0 saturated carbocycles. The van der Waals surface area contributed by atoms with Crippen molar-refractivity contribution >= 4 is 31.9 Å². The van der Waals surface area contributed by atoms with E-state index in [0.717, 1.165) is 10.0 Å². The van der Waals surface area contributed by atoms with E-state index in [2.05, 4.69) is 20.7 Å². The van der Waals surface area contributed by atoms with Gasteiger partial charge < -0.3 is 4.74 Å². The van der Waals surface area contributed by atoms with Crippen LogP contribution in [0.4, 0.5) is 0 Å². The summed E-state index contributed by atoms with van der Waals surface area (Å²) >= 11 is 3.38. The summed E-state index contributed by atoms with van der Waals surface area (Å²) in [6, 6.07) is 7.81. The number of ether oxygens (including phenoxy) is 1. The summed E-state index contributed by atoms with van der Waals surface area (Å²) in [5.41, 5.74) is 0.726. The number of hydrogen-bond acceptors (Lipinski definition) is 4. The van der Waals surface area contributed by atoms with Gasteiger partial charge in [0.05, 0.1) is 12.4 Å². The lowest BCUT2D eigenvalue weighted by Crippen LogP contribution is -2.37. The van der Waals surface area contributed by atoms with E-state index in [1.165, 1.54) is 0 Å². The predicted octanol–water partition coefficient (Wildman–Crippen LogP) is 2.99. The first-order chi connectivity index (χ1) is 10.7. The van der Waals surface area contributed by atoms with E-state index in [4.69, 9.17) is 4.74 Å². The van der Waals surface area contributed by atoms with Crippen LogP contribution in [0.25, 0.3) is 0 Å². The molecule has 0 aromatic heterocycles. The fraction of sp³-hybridized carbons (Fsp3) is 0.562. The van der Waals surface area contributed by atoms with Crippen molar-refractivity contribution in [2.24, 2.45) is 0 Å². The Balaban J connectivity index is 2.51. The summed E-state index contributed by atoms with van der Waals surface area (Å²) in [6.07, 6.45) is 0.373. The molecular weight excluding hydrogens is 382 g/mol. The van der Waals surface area contributed by atoms with Crippen LogP contribution in [0.15, 0.2) is 28.7 Å². The van der Waals surface area contributed by atoms with Crippen molar-refractivity contribution in [1.29, 1.82) is 0 Å². The third kappa shape index (κ3) is 7.46. The number of sulfonamides is 1. The number of carbonyl (C=O) groups excluding carboxylic acids is 1. The van der Waals surface area contributed by atoms with Crippen molar-refractivity contribution < 1.29 is 17.9 Å². The molecule has 0 aliphatic carbocycles. The lowest BCUT2D eigenvalue weighted by Gasteiger charge is -2.25. The van der Waals surface area contributed by atoms with Gasteiger partial charge in [-0.1, -0.05) is 41.9 Å². The molecule has 7 heteroatoms. The van der Waals surface area contributed by atoms with Gasteiger partial charge in [0.2, 0.25) is 10.0 Å². The molecule has 0 radical (unpaired) electrons. The quantitative estimate of drug-likeness (QED) is 0.640. The van der Waals surface area contributed by atoms with Crippen LogP contribution < -0.4 is 4.72 Å². The van der Waals surface area contributed by atoms with Gasteiger partial charge in [-0.2, -0.15) is 0 Å². The number of benzene rings is 1. The second kappa shape index (κ2) is 8.80. The summed E-state index contributed by atoms with van der Waals surface area (Å²) in [5.74, 6) is -0.444. The summed E-state index contributed by atoms with van der Waals surface area (Å²) in [4.78, 5) is 11.2. The highest BCUT2D eigenvalue weighted by Crippen LogP contribution is 2.24. The van der Waals surface area contributed by atoms with Crippen LogP contribution in [0.5, 0.6) is 0 Å². The van der Waals surface area contributed by atoms with E-state index in [1.54, 1.807) is 6.92 Å². The van der Waals surface area contributed by atoms with E-state index in [9.17, 15) is 13.2 Å². The van der Waals surface area contributed by atoms with E-state index in [1.807, 2.05) is 38.1 Å². The maximum absolute atomic E-state index is 12.0. The Morgan fingerprint density at radius 1 is 1.26 bits per heavy atom. The molecule has 1 rings (SSSR count). The molecule has 0 aliphatic heterocycles. The molecule has 0 bridgehead atoms. The monoisotopic (exact) mass is 405 g/mol. The van der Waals surface area contributed by atoms with E-state index >= 15 is 0 Å². The van der Waals surface area contributed by atoms with E-state index in [-0.39, 0.29) is 30.0 Å². The molecule has 0 saturated heterocycles. The highest BCUT2D eigenvalue weighted by molar-refractivity contribution is 9.10. The Kier molecular flexibility index (Phi) is 7.70. The smallest absolute Gasteiger partial charge is 0.305 e. The molecule has 0 aliphatic rings. The second-order valence-corrected chi connectivity index (χ2v) is 8.78. The number of nitrogens with one attached hydrogen (secondary N) is 1. The average Bonchev–Trinajstić information content (AvgIpc) is 2.46. The van der Waals surface area contributed by atoms with Gasteiger partial charge in [-0.15, -0.1) is 0 Å². The molecule has 5 nitrogen and oxygen atoms in total. The van der Waals surface area contributed by atoms with Crippen LogP contribution in [0.2, 0.25) is 0 Å². The van der Waals surface area contributed by atoms with Gasteiger partial charge >= 0.3 is 5.97 Å². The molecule has 1 aromatic carbocycles. The van der Waals surface area contributed by atoms with Crippen molar-refractivity contribution in [1.82, 2.24) is 4.72 Å². The van der Waals surface area contributed by atoms with Gasteiger partial charge in [0, 0.05) is 22.9 Å². The maximum atomic E-state index is 12.0. The van der Waals surface area contributed by atoms with Crippen LogP contribution in [-0.4, -0.2) is 33.3 Å². The molecule has 0 fully saturated rings. The molecule has 0 unspecified atom stereocenters. The Labute approximate surface area is 147 Å². The molecule has 0 amide bonds. The third-order valence-electron chi connectivity index (χ3n) is 3.46. The van der Waals surface area contributed by atoms with Gasteiger partial charge in [-0.3, -0.25) is 4.79 Å². The highest BCUT2D eigenvalue weighted by atomic mass is 79.9. The summed E-state index contributed by atoms with van der Waals surface area (Å²) in [5, 5.41) is 0. The normalized spacial score (nSPS) is 12.2. The highest BCUT2D eigenvalue weighted by Gasteiger charge is 2.23. The van der Waals surface area contributed by atoms with Gasteiger partial charge in [0.25, 0.3) is 0 Å². The molecular formula is C16H24BrNO4S. The second-order valence-electron chi connectivity index (χ2n) is 5.94. The van der Waals surface area contributed by atoms with Crippen LogP contribution in [0.1, 0.15) is 39.2 Å².